The summed E-state index contributed by atoms with van der Waals surface area (Å²) in [7, 11) is 1.21. The summed E-state index contributed by atoms with van der Waals surface area (Å²) >= 11 is 6.14. The fourth-order valence-corrected chi connectivity index (χ4v) is 5.18. The van der Waals surface area contributed by atoms with E-state index in [0.29, 0.717) is 16.3 Å². The van der Waals surface area contributed by atoms with Crippen LogP contribution in [0.4, 0.5) is 5.69 Å². The van der Waals surface area contributed by atoms with E-state index < -0.39 is 54.9 Å². The number of fused-ring (bicyclic) bond motifs is 1. The number of hydrogen-bond acceptors (Lipinski definition) is 11. The maximum absolute atomic E-state index is 13.3. The number of methoxy groups -OCH3 is 1. The van der Waals surface area contributed by atoms with Gasteiger partial charge in [0.2, 0.25) is 6.79 Å². The van der Waals surface area contributed by atoms with Crippen LogP contribution in [0.3, 0.4) is 0 Å². The van der Waals surface area contributed by atoms with Gasteiger partial charge in [-0.15, -0.1) is 0 Å². The number of aliphatic hydroxyl groups is 2. The second kappa shape index (κ2) is 16.3. The van der Waals surface area contributed by atoms with Crippen molar-refractivity contribution >= 4 is 41.1 Å². The fraction of sp³-hybridized carbons (Fsp3) is 0.353. The molecule has 0 spiro atoms. The van der Waals surface area contributed by atoms with Crippen LogP contribution in [-0.2, 0) is 35.0 Å². The number of carbonyl (C=O) groups is 4. The van der Waals surface area contributed by atoms with Gasteiger partial charge in [-0.1, -0.05) is 61.8 Å². The highest BCUT2D eigenvalue weighted by Crippen LogP contribution is 2.34. The Morgan fingerprint density at radius 2 is 1.68 bits per heavy atom. The van der Waals surface area contributed by atoms with Gasteiger partial charge in [0.15, 0.2) is 12.3 Å². The molecule has 3 aromatic carbocycles. The molecule has 0 aliphatic carbocycles. The molecule has 248 valence electrons. The molecule has 0 saturated carbocycles. The van der Waals surface area contributed by atoms with E-state index >= 15 is 0 Å². The molecular weight excluding hydrogens is 630 g/mol. The molecule has 1 aliphatic rings. The van der Waals surface area contributed by atoms with E-state index in [2.05, 4.69) is 20.3 Å². The Labute approximate surface area is 276 Å². The minimum atomic E-state index is -1.68. The third-order valence-corrected chi connectivity index (χ3v) is 7.91. The molecule has 3 N–H and O–H groups in total. The Morgan fingerprint density at radius 3 is 2.36 bits per heavy atom. The van der Waals surface area contributed by atoms with Crippen LogP contribution in [0.25, 0.3) is 11.1 Å². The summed E-state index contributed by atoms with van der Waals surface area (Å²) in [6.45, 7) is 2.70. The van der Waals surface area contributed by atoms with Crippen molar-refractivity contribution in [2.75, 3.05) is 13.9 Å². The minimum Gasteiger partial charge on any atom is -0.469 e. The fourth-order valence-electron chi connectivity index (χ4n) is 4.99. The molecule has 4 atom stereocenters. The molecular formula is C34H36ClN3O9. The first-order chi connectivity index (χ1) is 22.4. The summed E-state index contributed by atoms with van der Waals surface area (Å²) in [5, 5.41) is 31.8. The van der Waals surface area contributed by atoms with Gasteiger partial charge >= 0.3 is 17.9 Å². The molecule has 0 radical (unpaired) electrons. The summed E-state index contributed by atoms with van der Waals surface area (Å²) in [5.74, 6) is -3.96. The van der Waals surface area contributed by atoms with Crippen molar-refractivity contribution < 1.29 is 43.6 Å². The van der Waals surface area contributed by atoms with Crippen LogP contribution >= 0.6 is 11.6 Å². The van der Waals surface area contributed by atoms with Gasteiger partial charge in [0.1, 0.15) is 0 Å². The zero-order valence-electron chi connectivity index (χ0n) is 26.1. The van der Waals surface area contributed by atoms with Crippen LogP contribution < -0.4 is 5.32 Å². The maximum atomic E-state index is 13.3. The molecule has 4 rings (SSSR count). The third kappa shape index (κ3) is 9.67. The number of halogens is 1. The average Bonchev–Trinajstić information content (AvgIpc) is 3.42. The number of aliphatic hydroxyl groups excluding tert-OH is 2. The summed E-state index contributed by atoms with van der Waals surface area (Å²) in [4.78, 5) is 50.1. The normalized spacial score (nSPS) is 15.3. The van der Waals surface area contributed by atoms with Gasteiger partial charge in [0, 0.05) is 28.6 Å². The SMILES string of the molecule is COC(=O)C[C@@H](C(=O)OCOC(=O)[C@H](O)C[C@@H](Cc1ccc(-c2cccc(Cl)c2)cc1)NC(=O)c1ccc2c(c1)C(O)N=N2)C(C)C. The van der Waals surface area contributed by atoms with E-state index in [4.69, 9.17) is 21.1 Å². The summed E-state index contributed by atoms with van der Waals surface area (Å²) in [5.41, 5.74) is 3.73. The Morgan fingerprint density at radius 1 is 0.957 bits per heavy atom. The summed E-state index contributed by atoms with van der Waals surface area (Å²) in [6, 6.07) is 18.8. The predicted molar refractivity (Wildman–Crippen MR) is 170 cm³/mol. The quantitative estimate of drug-likeness (QED) is 0.157. The number of rotatable bonds is 14. The number of hydrogen-bond donors (Lipinski definition) is 3. The largest absolute Gasteiger partial charge is 0.469 e. The lowest BCUT2D eigenvalue weighted by atomic mass is 9.93. The molecule has 0 fully saturated rings. The van der Waals surface area contributed by atoms with Gasteiger partial charge in [-0.2, -0.15) is 10.2 Å². The topological polar surface area (TPSA) is 173 Å². The lowest BCUT2D eigenvalue weighted by molar-refractivity contribution is -0.178. The second-order valence-electron chi connectivity index (χ2n) is 11.4. The van der Waals surface area contributed by atoms with Crippen molar-refractivity contribution in [1.82, 2.24) is 5.32 Å². The van der Waals surface area contributed by atoms with Gasteiger partial charge in [0.25, 0.3) is 5.91 Å². The first-order valence-corrected chi connectivity index (χ1v) is 15.3. The number of nitrogens with zero attached hydrogens (tertiary/aromatic N) is 2. The van der Waals surface area contributed by atoms with E-state index in [1.807, 2.05) is 42.5 Å². The standard InChI is InChI=1S/C34H36ClN3O9/c1-19(2)26(17-30(40)45-3)33(43)46-18-47-34(44)29(39)16-25(36-31(41)23-11-12-28-27(15-23)32(42)38-37-28)13-20-7-9-21(10-8-20)22-5-4-6-24(35)14-22/h4-12,14-15,19,25-26,29,32,39,42H,13,16-18H2,1-3H3,(H,36,41)/t25-,26-,29-,32?/m1/s1. The number of nitrogens with one attached hydrogen (secondary N) is 1. The lowest BCUT2D eigenvalue weighted by Gasteiger charge is -2.22. The van der Waals surface area contributed by atoms with Crippen LogP contribution in [0.2, 0.25) is 5.02 Å². The Kier molecular flexibility index (Phi) is 12.2. The molecule has 47 heavy (non-hydrogen) atoms. The number of amides is 1. The first-order valence-electron chi connectivity index (χ1n) is 14.9. The van der Waals surface area contributed by atoms with E-state index in [1.165, 1.54) is 19.2 Å². The zero-order chi connectivity index (χ0) is 34.1. The van der Waals surface area contributed by atoms with Crippen molar-refractivity contribution in [3.8, 4) is 11.1 Å². The van der Waals surface area contributed by atoms with Crippen LogP contribution in [0.5, 0.6) is 0 Å². The molecule has 3 aromatic rings. The number of azo groups is 1. The molecule has 12 nitrogen and oxygen atoms in total. The molecule has 0 saturated heterocycles. The Bertz CT molecular complexity index is 1630. The van der Waals surface area contributed by atoms with Crippen LogP contribution in [0.1, 0.15) is 54.4 Å². The highest BCUT2D eigenvalue weighted by atomic mass is 35.5. The van der Waals surface area contributed by atoms with E-state index in [0.717, 1.165) is 16.7 Å². The number of ether oxygens (including phenoxy) is 3. The van der Waals surface area contributed by atoms with E-state index in [9.17, 15) is 29.4 Å². The van der Waals surface area contributed by atoms with Gasteiger partial charge in [-0.25, -0.2) is 4.79 Å². The third-order valence-electron chi connectivity index (χ3n) is 7.68. The van der Waals surface area contributed by atoms with Crippen molar-refractivity contribution in [1.29, 1.82) is 0 Å². The molecule has 1 unspecified atom stereocenters. The predicted octanol–water partition coefficient (Wildman–Crippen LogP) is 5.07. The zero-order valence-corrected chi connectivity index (χ0v) is 26.8. The second-order valence-corrected chi connectivity index (χ2v) is 11.8. The molecule has 1 amide bonds. The van der Waals surface area contributed by atoms with Crippen LogP contribution in [0.15, 0.2) is 77.0 Å². The molecule has 0 aromatic heterocycles. The van der Waals surface area contributed by atoms with Crippen LogP contribution in [0, 0.1) is 11.8 Å². The molecule has 0 bridgehead atoms. The van der Waals surface area contributed by atoms with Gasteiger partial charge in [-0.3, -0.25) is 14.4 Å². The summed E-state index contributed by atoms with van der Waals surface area (Å²) in [6.07, 6.45) is -3.04. The minimum absolute atomic E-state index is 0.197. The van der Waals surface area contributed by atoms with Gasteiger partial charge in [0.05, 0.1) is 25.1 Å². The maximum Gasteiger partial charge on any atom is 0.337 e. The summed E-state index contributed by atoms with van der Waals surface area (Å²) < 4.78 is 14.7. The van der Waals surface area contributed by atoms with E-state index in [-0.39, 0.29) is 30.7 Å². The first kappa shape index (κ1) is 35.2. The highest BCUT2D eigenvalue weighted by Gasteiger charge is 2.29. The van der Waals surface area contributed by atoms with Crippen molar-refractivity contribution in [2.45, 2.75) is 51.5 Å². The Hall–Kier alpha value is -4.65. The Balaban J connectivity index is 1.43. The van der Waals surface area contributed by atoms with Gasteiger partial charge in [-0.05, 0) is 59.4 Å². The number of benzene rings is 3. The van der Waals surface area contributed by atoms with Gasteiger partial charge < -0.3 is 29.7 Å². The van der Waals surface area contributed by atoms with Crippen molar-refractivity contribution in [3.05, 3.63) is 88.4 Å². The molecule has 1 heterocycles. The van der Waals surface area contributed by atoms with Crippen LogP contribution in [-0.4, -0.2) is 60.1 Å². The number of esters is 3. The van der Waals surface area contributed by atoms with E-state index in [1.54, 1.807) is 26.0 Å². The average molecular weight is 666 g/mol. The molecule has 13 heteroatoms. The smallest absolute Gasteiger partial charge is 0.337 e. The lowest BCUT2D eigenvalue weighted by Crippen LogP contribution is -2.41. The monoisotopic (exact) mass is 665 g/mol. The van der Waals surface area contributed by atoms with Crippen molar-refractivity contribution in [3.63, 3.8) is 0 Å². The molecule has 1 aliphatic heterocycles. The van der Waals surface area contributed by atoms with Crippen molar-refractivity contribution in [2.24, 2.45) is 22.1 Å². The highest BCUT2D eigenvalue weighted by molar-refractivity contribution is 6.30. The number of carbonyl (C=O) groups excluding carboxylic acids is 4.